The minimum atomic E-state index is -0.131. The van der Waals surface area contributed by atoms with Crippen LogP contribution in [0.2, 0.25) is 5.15 Å². The Bertz CT molecular complexity index is 509. The van der Waals surface area contributed by atoms with Crippen LogP contribution in [0.25, 0.3) is 0 Å². The Hall–Kier alpha value is -1.36. The van der Waals surface area contributed by atoms with Crippen LogP contribution in [0.3, 0.4) is 0 Å². The Labute approximate surface area is 110 Å². The van der Waals surface area contributed by atoms with E-state index in [1.54, 1.807) is 11.6 Å². The number of nitrogens with zero attached hydrogens (tertiary/aromatic N) is 2. The molecule has 0 aliphatic heterocycles. The fourth-order valence-electron chi connectivity index (χ4n) is 1.90. The summed E-state index contributed by atoms with van der Waals surface area (Å²) in [6.45, 7) is 0.516. The monoisotopic (exact) mass is 269 g/mol. The number of carbonyl (C=O) groups is 1. The molecular formula is C12H16ClN3O2. The van der Waals surface area contributed by atoms with Crippen molar-refractivity contribution in [2.45, 2.75) is 38.1 Å². The van der Waals surface area contributed by atoms with Crippen LogP contribution >= 0.6 is 11.6 Å². The van der Waals surface area contributed by atoms with Crippen molar-refractivity contribution in [2.24, 2.45) is 0 Å². The largest absolute Gasteiger partial charge is 0.359 e. The predicted octanol–water partition coefficient (Wildman–Crippen LogP) is 1.30. The molecule has 2 rings (SSSR count). The van der Waals surface area contributed by atoms with Crippen molar-refractivity contribution in [3.05, 3.63) is 27.4 Å². The number of hydrogen-bond acceptors (Lipinski definition) is 3. The lowest BCUT2D eigenvalue weighted by molar-refractivity contribution is -0.120. The molecule has 1 saturated carbocycles. The van der Waals surface area contributed by atoms with Crippen molar-refractivity contribution >= 4 is 17.5 Å². The molecule has 0 radical (unpaired) electrons. The summed E-state index contributed by atoms with van der Waals surface area (Å²) in [6, 6.07) is 1.33. The second-order valence-corrected chi connectivity index (χ2v) is 4.87. The number of hydrogen-bond donors (Lipinski definition) is 1. The zero-order chi connectivity index (χ0) is 13.1. The number of carbonyl (C=O) groups excluding carboxylic acids is 1. The first-order chi connectivity index (χ1) is 8.61. The summed E-state index contributed by atoms with van der Waals surface area (Å²) in [5, 5.41) is 2.82. The Balaban J connectivity index is 2.11. The van der Waals surface area contributed by atoms with Crippen molar-refractivity contribution in [2.75, 3.05) is 7.05 Å². The molecule has 0 aromatic carbocycles. The number of nitrogens with one attached hydrogen (secondary N) is 1. The minimum Gasteiger partial charge on any atom is -0.359 e. The number of rotatable bonds is 5. The van der Waals surface area contributed by atoms with E-state index in [9.17, 15) is 9.59 Å². The van der Waals surface area contributed by atoms with Gasteiger partial charge >= 0.3 is 0 Å². The highest BCUT2D eigenvalue weighted by atomic mass is 35.5. The van der Waals surface area contributed by atoms with Gasteiger partial charge in [-0.05, 0) is 19.3 Å². The van der Waals surface area contributed by atoms with Crippen LogP contribution in [0.1, 0.15) is 37.4 Å². The molecule has 1 aromatic rings. The molecule has 1 aromatic heterocycles. The molecule has 1 aliphatic rings. The van der Waals surface area contributed by atoms with Gasteiger partial charge < -0.3 is 5.32 Å². The van der Waals surface area contributed by atoms with Gasteiger partial charge in [0.25, 0.3) is 5.56 Å². The van der Waals surface area contributed by atoms with Gasteiger partial charge in [0.15, 0.2) is 0 Å². The first kappa shape index (κ1) is 13.1. The van der Waals surface area contributed by atoms with Gasteiger partial charge in [0.2, 0.25) is 5.91 Å². The van der Waals surface area contributed by atoms with Crippen LogP contribution in [-0.4, -0.2) is 22.5 Å². The standard InChI is InChI=1S/C12H16ClN3O2/c1-14-10(17)3-2-6-16-11(18)7-9(13)15-12(16)8-4-5-8/h7-8H,2-6H2,1H3,(H,14,17). The van der Waals surface area contributed by atoms with Crippen LogP contribution < -0.4 is 10.9 Å². The second-order valence-electron chi connectivity index (χ2n) is 4.48. The Kier molecular flexibility index (Phi) is 4.01. The predicted molar refractivity (Wildman–Crippen MR) is 68.8 cm³/mol. The van der Waals surface area contributed by atoms with Gasteiger partial charge in [0, 0.05) is 32.0 Å². The van der Waals surface area contributed by atoms with E-state index in [0.29, 0.717) is 25.3 Å². The van der Waals surface area contributed by atoms with E-state index in [0.717, 1.165) is 18.7 Å². The van der Waals surface area contributed by atoms with Crippen molar-refractivity contribution in [3.8, 4) is 0 Å². The molecule has 1 N–H and O–H groups in total. The summed E-state index contributed by atoms with van der Waals surface area (Å²) >= 11 is 5.81. The molecule has 0 bridgehead atoms. The fraction of sp³-hybridized carbons (Fsp3) is 0.583. The molecule has 1 fully saturated rings. The van der Waals surface area contributed by atoms with Gasteiger partial charge in [-0.25, -0.2) is 4.98 Å². The quantitative estimate of drug-likeness (QED) is 0.820. The molecule has 0 unspecified atom stereocenters. The summed E-state index contributed by atoms with van der Waals surface area (Å²) < 4.78 is 1.65. The van der Waals surface area contributed by atoms with Crippen LogP contribution in [-0.2, 0) is 11.3 Å². The summed E-state index contributed by atoms with van der Waals surface area (Å²) in [7, 11) is 1.61. The summed E-state index contributed by atoms with van der Waals surface area (Å²) in [5.74, 6) is 1.11. The molecule has 1 amide bonds. The van der Waals surface area contributed by atoms with E-state index in [1.165, 1.54) is 6.07 Å². The van der Waals surface area contributed by atoms with E-state index in [-0.39, 0.29) is 16.6 Å². The van der Waals surface area contributed by atoms with E-state index < -0.39 is 0 Å². The first-order valence-electron chi connectivity index (χ1n) is 6.09. The topological polar surface area (TPSA) is 64.0 Å². The number of aromatic nitrogens is 2. The molecule has 0 atom stereocenters. The highest BCUT2D eigenvalue weighted by Crippen LogP contribution is 2.38. The third-order valence-electron chi connectivity index (χ3n) is 3.01. The second kappa shape index (κ2) is 5.52. The summed E-state index contributed by atoms with van der Waals surface area (Å²) in [4.78, 5) is 27.3. The maximum Gasteiger partial charge on any atom is 0.254 e. The summed E-state index contributed by atoms with van der Waals surface area (Å²) in [5.41, 5.74) is -0.131. The van der Waals surface area contributed by atoms with E-state index in [1.807, 2.05) is 0 Å². The van der Waals surface area contributed by atoms with Gasteiger partial charge in [0.1, 0.15) is 11.0 Å². The van der Waals surface area contributed by atoms with Gasteiger partial charge in [-0.2, -0.15) is 0 Å². The SMILES string of the molecule is CNC(=O)CCCn1c(C2CC2)nc(Cl)cc1=O. The minimum absolute atomic E-state index is 0.0158. The third kappa shape index (κ3) is 3.10. The van der Waals surface area contributed by atoms with Gasteiger partial charge in [-0.3, -0.25) is 14.2 Å². The van der Waals surface area contributed by atoms with Crippen LogP contribution in [0.5, 0.6) is 0 Å². The number of halogens is 1. The van der Waals surface area contributed by atoms with Crippen molar-refractivity contribution in [1.82, 2.24) is 14.9 Å². The van der Waals surface area contributed by atoms with Gasteiger partial charge in [-0.15, -0.1) is 0 Å². The number of amides is 1. The van der Waals surface area contributed by atoms with Crippen molar-refractivity contribution in [3.63, 3.8) is 0 Å². The lowest BCUT2D eigenvalue weighted by Crippen LogP contribution is -2.25. The third-order valence-corrected chi connectivity index (χ3v) is 3.21. The molecular weight excluding hydrogens is 254 g/mol. The molecule has 5 nitrogen and oxygen atoms in total. The van der Waals surface area contributed by atoms with Gasteiger partial charge in [-0.1, -0.05) is 11.6 Å². The normalized spacial score (nSPS) is 14.6. The van der Waals surface area contributed by atoms with Crippen LogP contribution in [0.4, 0.5) is 0 Å². The lowest BCUT2D eigenvalue weighted by atomic mass is 10.2. The molecule has 6 heteroatoms. The Morgan fingerprint density at radius 3 is 2.94 bits per heavy atom. The average Bonchev–Trinajstić information content (AvgIpc) is 3.15. The van der Waals surface area contributed by atoms with E-state index in [2.05, 4.69) is 10.3 Å². The molecule has 0 saturated heterocycles. The Morgan fingerprint density at radius 2 is 2.33 bits per heavy atom. The first-order valence-corrected chi connectivity index (χ1v) is 6.47. The molecule has 1 aliphatic carbocycles. The van der Waals surface area contributed by atoms with Crippen LogP contribution in [0.15, 0.2) is 10.9 Å². The highest BCUT2D eigenvalue weighted by molar-refractivity contribution is 6.29. The molecule has 1 heterocycles. The maximum absolute atomic E-state index is 11.9. The highest BCUT2D eigenvalue weighted by Gasteiger charge is 2.28. The summed E-state index contributed by atoms with van der Waals surface area (Å²) in [6.07, 6.45) is 3.16. The van der Waals surface area contributed by atoms with Gasteiger partial charge in [0.05, 0.1) is 0 Å². The zero-order valence-electron chi connectivity index (χ0n) is 10.3. The zero-order valence-corrected chi connectivity index (χ0v) is 11.0. The van der Waals surface area contributed by atoms with Crippen molar-refractivity contribution in [1.29, 1.82) is 0 Å². The molecule has 0 spiro atoms. The average molecular weight is 270 g/mol. The Morgan fingerprint density at radius 1 is 1.61 bits per heavy atom. The van der Waals surface area contributed by atoms with Crippen LogP contribution in [0, 0.1) is 0 Å². The van der Waals surface area contributed by atoms with E-state index >= 15 is 0 Å². The maximum atomic E-state index is 11.9. The van der Waals surface area contributed by atoms with E-state index in [4.69, 9.17) is 11.6 Å². The fourth-order valence-corrected chi connectivity index (χ4v) is 2.08. The molecule has 98 valence electrons. The smallest absolute Gasteiger partial charge is 0.254 e. The lowest BCUT2D eigenvalue weighted by Gasteiger charge is -2.11. The van der Waals surface area contributed by atoms with Crippen molar-refractivity contribution < 1.29 is 4.79 Å². The molecule has 18 heavy (non-hydrogen) atoms.